The van der Waals surface area contributed by atoms with Gasteiger partial charge in [-0.3, -0.25) is 0 Å². The van der Waals surface area contributed by atoms with E-state index in [1.54, 1.807) is 0 Å². The quantitative estimate of drug-likeness (QED) is 0.701. The smallest absolute Gasteiger partial charge is 0.211 e. The van der Waals surface area contributed by atoms with Crippen molar-refractivity contribution in [2.75, 3.05) is 12.3 Å². The summed E-state index contributed by atoms with van der Waals surface area (Å²) in [5, 5.41) is 0. The summed E-state index contributed by atoms with van der Waals surface area (Å²) in [6.45, 7) is 2.71. The second-order valence-corrected chi connectivity index (χ2v) is 6.44. The van der Waals surface area contributed by atoms with Gasteiger partial charge in [-0.05, 0) is 18.4 Å². The molecule has 1 N–H and O–H groups in total. The highest BCUT2D eigenvalue weighted by molar-refractivity contribution is 7.89. The van der Waals surface area contributed by atoms with E-state index in [-0.39, 0.29) is 5.75 Å². The molecule has 0 atom stereocenters. The summed E-state index contributed by atoms with van der Waals surface area (Å²) in [5.74, 6) is 0.171. The Hall–Kier alpha value is -0.870. The minimum Gasteiger partial charge on any atom is -0.215 e. The van der Waals surface area contributed by atoms with Crippen LogP contribution in [-0.2, 0) is 16.4 Å². The fraction of sp³-hybridized carbons (Fsp3) is 0.571. The third kappa shape index (κ3) is 6.77. The average molecular weight is 269 g/mol. The third-order valence-electron chi connectivity index (χ3n) is 2.85. The molecule has 0 aliphatic carbocycles. The van der Waals surface area contributed by atoms with Gasteiger partial charge in [-0.2, -0.15) is 0 Å². The third-order valence-corrected chi connectivity index (χ3v) is 4.24. The number of benzene rings is 1. The molecule has 18 heavy (non-hydrogen) atoms. The first-order chi connectivity index (χ1) is 8.64. The number of nitrogens with one attached hydrogen (secondary N) is 1. The van der Waals surface area contributed by atoms with Crippen LogP contribution in [0, 0.1) is 0 Å². The molecule has 3 nitrogen and oxygen atoms in total. The van der Waals surface area contributed by atoms with Crippen LogP contribution in [0.4, 0.5) is 0 Å². The van der Waals surface area contributed by atoms with Crippen LogP contribution in [0.25, 0.3) is 0 Å². The molecule has 1 rings (SSSR count). The van der Waals surface area contributed by atoms with E-state index in [1.807, 2.05) is 30.3 Å². The molecule has 0 spiro atoms. The number of hydrogen-bond acceptors (Lipinski definition) is 2. The highest BCUT2D eigenvalue weighted by Gasteiger charge is 2.09. The molecule has 0 bridgehead atoms. The van der Waals surface area contributed by atoms with Crippen LogP contribution in [0.15, 0.2) is 30.3 Å². The van der Waals surface area contributed by atoms with E-state index < -0.39 is 10.0 Å². The summed E-state index contributed by atoms with van der Waals surface area (Å²) in [4.78, 5) is 0. The maximum absolute atomic E-state index is 11.7. The van der Waals surface area contributed by atoms with Crippen molar-refractivity contribution in [3.8, 4) is 0 Å². The molecule has 0 heterocycles. The van der Waals surface area contributed by atoms with E-state index in [4.69, 9.17) is 0 Å². The Bertz CT molecular complexity index is 415. The lowest BCUT2D eigenvalue weighted by Crippen LogP contribution is -2.28. The molecule has 4 heteroatoms. The monoisotopic (exact) mass is 269 g/mol. The lowest BCUT2D eigenvalue weighted by atomic mass is 10.2. The van der Waals surface area contributed by atoms with Crippen molar-refractivity contribution in [3.05, 3.63) is 35.9 Å². The summed E-state index contributed by atoms with van der Waals surface area (Å²) in [6.07, 6.45) is 4.94. The maximum Gasteiger partial charge on any atom is 0.211 e. The number of hydrogen-bond donors (Lipinski definition) is 1. The fourth-order valence-corrected chi connectivity index (χ4v) is 2.85. The second-order valence-electron chi connectivity index (χ2n) is 4.51. The van der Waals surface area contributed by atoms with Gasteiger partial charge in [0.1, 0.15) is 0 Å². The largest absolute Gasteiger partial charge is 0.215 e. The number of rotatable bonds is 9. The predicted molar refractivity (Wildman–Crippen MR) is 76.1 cm³/mol. The maximum atomic E-state index is 11.7. The first-order valence-electron chi connectivity index (χ1n) is 6.65. The molecule has 0 aliphatic rings. The Balaban J connectivity index is 2.23. The lowest BCUT2D eigenvalue weighted by molar-refractivity contribution is 0.573. The normalized spacial score (nSPS) is 11.6. The van der Waals surface area contributed by atoms with Gasteiger partial charge in [0.15, 0.2) is 0 Å². The summed E-state index contributed by atoms with van der Waals surface area (Å²) in [6, 6.07) is 9.71. The molecule has 0 unspecified atom stereocenters. The van der Waals surface area contributed by atoms with Crippen molar-refractivity contribution < 1.29 is 8.42 Å². The molecule has 102 valence electrons. The van der Waals surface area contributed by atoms with Crippen LogP contribution in [0.2, 0.25) is 0 Å². The SMILES string of the molecule is CCCCCCNS(=O)(=O)CCc1ccccc1. The highest BCUT2D eigenvalue weighted by atomic mass is 32.2. The van der Waals surface area contributed by atoms with E-state index in [9.17, 15) is 8.42 Å². The molecule has 1 aromatic rings. The zero-order valence-corrected chi connectivity index (χ0v) is 11.9. The van der Waals surface area contributed by atoms with Gasteiger partial charge in [-0.15, -0.1) is 0 Å². The Labute approximate surface area is 111 Å². The van der Waals surface area contributed by atoms with Gasteiger partial charge in [0.2, 0.25) is 10.0 Å². The molecule has 0 radical (unpaired) electrons. The molecule has 0 aromatic heterocycles. The number of sulfonamides is 1. The van der Waals surface area contributed by atoms with Gasteiger partial charge in [-0.1, -0.05) is 56.5 Å². The van der Waals surface area contributed by atoms with Crippen LogP contribution in [0.3, 0.4) is 0 Å². The van der Waals surface area contributed by atoms with Crippen molar-refractivity contribution in [1.82, 2.24) is 4.72 Å². The first-order valence-corrected chi connectivity index (χ1v) is 8.30. The molecular weight excluding hydrogens is 246 g/mol. The van der Waals surface area contributed by atoms with Crippen molar-refractivity contribution in [3.63, 3.8) is 0 Å². The highest BCUT2D eigenvalue weighted by Crippen LogP contribution is 2.02. The van der Waals surface area contributed by atoms with Gasteiger partial charge < -0.3 is 0 Å². The first kappa shape index (κ1) is 15.2. The second kappa shape index (κ2) is 8.27. The fourth-order valence-electron chi connectivity index (χ4n) is 1.75. The summed E-state index contributed by atoms with van der Waals surface area (Å²) in [7, 11) is -3.12. The van der Waals surface area contributed by atoms with Crippen molar-refractivity contribution in [2.24, 2.45) is 0 Å². The number of unbranched alkanes of at least 4 members (excludes halogenated alkanes) is 3. The zero-order chi connectivity index (χ0) is 13.3. The van der Waals surface area contributed by atoms with Crippen molar-refractivity contribution >= 4 is 10.0 Å². The van der Waals surface area contributed by atoms with Crippen molar-refractivity contribution in [2.45, 2.75) is 39.0 Å². The Morgan fingerprint density at radius 1 is 1.06 bits per heavy atom. The van der Waals surface area contributed by atoms with Crippen LogP contribution in [-0.4, -0.2) is 20.7 Å². The molecule has 1 aromatic carbocycles. The summed E-state index contributed by atoms with van der Waals surface area (Å²) >= 11 is 0. The minimum atomic E-state index is -3.12. The van der Waals surface area contributed by atoms with Crippen LogP contribution in [0.1, 0.15) is 38.2 Å². The molecule has 0 fully saturated rings. The van der Waals surface area contributed by atoms with Gasteiger partial charge >= 0.3 is 0 Å². The van der Waals surface area contributed by atoms with Gasteiger partial charge in [0, 0.05) is 6.54 Å². The Kier molecular flexibility index (Phi) is 6.98. The average Bonchev–Trinajstić information content (AvgIpc) is 2.38. The zero-order valence-electron chi connectivity index (χ0n) is 11.1. The van der Waals surface area contributed by atoms with E-state index >= 15 is 0 Å². The van der Waals surface area contributed by atoms with Gasteiger partial charge in [0.05, 0.1) is 5.75 Å². The minimum absolute atomic E-state index is 0.171. The Morgan fingerprint density at radius 2 is 1.78 bits per heavy atom. The van der Waals surface area contributed by atoms with E-state index in [1.165, 1.54) is 12.8 Å². The van der Waals surface area contributed by atoms with Gasteiger partial charge in [-0.25, -0.2) is 13.1 Å². The van der Waals surface area contributed by atoms with E-state index in [0.717, 1.165) is 18.4 Å². The Morgan fingerprint density at radius 3 is 2.44 bits per heavy atom. The standard InChI is InChI=1S/C14H23NO2S/c1-2-3-4-8-12-15-18(16,17)13-11-14-9-6-5-7-10-14/h5-7,9-10,15H,2-4,8,11-13H2,1H3. The van der Waals surface area contributed by atoms with Crippen LogP contribution in [0.5, 0.6) is 0 Å². The van der Waals surface area contributed by atoms with Crippen LogP contribution < -0.4 is 4.72 Å². The topological polar surface area (TPSA) is 46.2 Å². The predicted octanol–water partition coefficient (Wildman–Crippen LogP) is 2.73. The van der Waals surface area contributed by atoms with E-state index in [0.29, 0.717) is 13.0 Å². The lowest BCUT2D eigenvalue weighted by Gasteiger charge is -2.06. The van der Waals surface area contributed by atoms with E-state index in [2.05, 4.69) is 11.6 Å². The molecular formula is C14H23NO2S. The van der Waals surface area contributed by atoms with Crippen molar-refractivity contribution in [1.29, 1.82) is 0 Å². The molecule has 0 aliphatic heterocycles. The molecule has 0 saturated carbocycles. The summed E-state index contributed by atoms with van der Waals surface area (Å²) < 4.78 is 26.1. The number of aryl methyl sites for hydroxylation is 1. The molecule has 0 amide bonds. The molecule has 0 saturated heterocycles. The van der Waals surface area contributed by atoms with Crippen LogP contribution >= 0.6 is 0 Å². The summed E-state index contributed by atoms with van der Waals surface area (Å²) in [5.41, 5.74) is 1.06. The van der Waals surface area contributed by atoms with Gasteiger partial charge in [0.25, 0.3) is 0 Å².